The molecule has 0 radical (unpaired) electrons. The van der Waals surface area contributed by atoms with Crippen LogP contribution in [0.1, 0.15) is 26.4 Å². The van der Waals surface area contributed by atoms with E-state index >= 15 is 0 Å². The number of aromatic carboxylic acids is 1. The van der Waals surface area contributed by atoms with Gasteiger partial charge in [-0.05, 0) is 41.6 Å². The van der Waals surface area contributed by atoms with E-state index in [0.717, 1.165) is 16.8 Å². The van der Waals surface area contributed by atoms with Crippen LogP contribution in [0.2, 0.25) is 0 Å². The Bertz CT molecular complexity index is 656. The van der Waals surface area contributed by atoms with Gasteiger partial charge in [-0.15, -0.1) is 11.3 Å². The SMILES string of the molecule is Cc1ccc(C#N)cc1NCc1ccsc1C(=O)O. The number of thiophene rings is 1. The van der Waals surface area contributed by atoms with Crippen molar-refractivity contribution in [2.45, 2.75) is 13.5 Å². The molecule has 1 aromatic heterocycles. The van der Waals surface area contributed by atoms with Gasteiger partial charge >= 0.3 is 5.97 Å². The summed E-state index contributed by atoms with van der Waals surface area (Å²) < 4.78 is 0. The van der Waals surface area contributed by atoms with Crippen molar-refractivity contribution in [3.63, 3.8) is 0 Å². The molecule has 0 bridgehead atoms. The molecule has 0 unspecified atom stereocenters. The van der Waals surface area contributed by atoms with E-state index in [0.29, 0.717) is 17.0 Å². The van der Waals surface area contributed by atoms with Crippen LogP contribution in [0.5, 0.6) is 0 Å². The van der Waals surface area contributed by atoms with Gasteiger partial charge in [0.25, 0.3) is 0 Å². The molecule has 5 heteroatoms. The van der Waals surface area contributed by atoms with E-state index < -0.39 is 5.97 Å². The van der Waals surface area contributed by atoms with Crippen LogP contribution in [-0.4, -0.2) is 11.1 Å². The Balaban J connectivity index is 2.17. The van der Waals surface area contributed by atoms with Gasteiger partial charge in [0.05, 0.1) is 11.6 Å². The van der Waals surface area contributed by atoms with Crippen molar-refractivity contribution in [1.82, 2.24) is 0 Å². The second-order valence-electron chi connectivity index (χ2n) is 4.08. The van der Waals surface area contributed by atoms with E-state index in [1.54, 1.807) is 23.6 Å². The first kappa shape index (κ1) is 13.1. The van der Waals surface area contributed by atoms with Crippen LogP contribution in [0.25, 0.3) is 0 Å². The predicted octanol–water partition coefficient (Wildman–Crippen LogP) is 3.24. The standard InChI is InChI=1S/C14H12N2O2S/c1-9-2-3-10(7-15)6-12(9)16-8-11-4-5-19-13(11)14(17)18/h2-6,16H,8H2,1H3,(H,17,18). The topological polar surface area (TPSA) is 73.1 Å². The summed E-state index contributed by atoms with van der Waals surface area (Å²) in [4.78, 5) is 11.3. The molecule has 0 aliphatic heterocycles. The number of benzene rings is 1. The number of anilines is 1. The highest BCUT2D eigenvalue weighted by Gasteiger charge is 2.11. The van der Waals surface area contributed by atoms with Crippen molar-refractivity contribution in [3.8, 4) is 6.07 Å². The first-order chi connectivity index (χ1) is 9.11. The molecule has 19 heavy (non-hydrogen) atoms. The molecule has 0 aliphatic rings. The van der Waals surface area contributed by atoms with Gasteiger partial charge in [-0.25, -0.2) is 4.79 Å². The normalized spacial score (nSPS) is 9.89. The molecular formula is C14H12N2O2S. The van der Waals surface area contributed by atoms with E-state index in [4.69, 9.17) is 10.4 Å². The number of carboxylic acid groups (broad SMARTS) is 1. The Hall–Kier alpha value is -2.32. The minimum Gasteiger partial charge on any atom is -0.477 e. The van der Waals surface area contributed by atoms with Gasteiger partial charge in [0.2, 0.25) is 0 Å². The Kier molecular flexibility index (Phi) is 3.83. The zero-order valence-electron chi connectivity index (χ0n) is 10.3. The van der Waals surface area contributed by atoms with Crippen molar-refractivity contribution in [2.75, 3.05) is 5.32 Å². The van der Waals surface area contributed by atoms with Gasteiger partial charge in [-0.2, -0.15) is 5.26 Å². The molecule has 0 saturated carbocycles. The van der Waals surface area contributed by atoms with E-state index in [2.05, 4.69) is 11.4 Å². The largest absolute Gasteiger partial charge is 0.477 e. The third-order valence-corrected chi connectivity index (χ3v) is 3.72. The molecular weight excluding hydrogens is 260 g/mol. The summed E-state index contributed by atoms with van der Waals surface area (Å²) >= 11 is 1.21. The molecule has 2 aromatic rings. The summed E-state index contributed by atoms with van der Waals surface area (Å²) in [6.07, 6.45) is 0. The minimum atomic E-state index is -0.908. The Morgan fingerprint density at radius 2 is 2.26 bits per heavy atom. The molecule has 4 nitrogen and oxygen atoms in total. The number of nitriles is 1. The molecule has 0 saturated heterocycles. The highest BCUT2D eigenvalue weighted by molar-refractivity contribution is 7.12. The maximum Gasteiger partial charge on any atom is 0.346 e. The lowest BCUT2D eigenvalue weighted by Crippen LogP contribution is -2.05. The van der Waals surface area contributed by atoms with Gasteiger partial charge in [0, 0.05) is 12.2 Å². The Labute approximate surface area is 114 Å². The first-order valence-corrected chi connectivity index (χ1v) is 6.54. The average molecular weight is 272 g/mol. The van der Waals surface area contributed by atoms with Crippen molar-refractivity contribution in [1.29, 1.82) is 5.26 Å². The molecule has 2 N–H and O–H groups in total. The second-order valence-corrected chi connectivity index (χ2v) is 4.99. The number of carboxylic acids is 1. The van der Waals surface area contributed by atoms with E-state index in [1.807, 2.05) is 13.0 Å². The minimum absolute atomic E-state index is 0.349. The lowest BCUT2D eigenvalue weighted by atomic mass is 10.1. The number of aryl methyl sites for hydroxylation is 1. The summed E-state index contributed by atoms with van der Waals surface area (Å²) in [5.74, 6) is -0.908. The van der Waals surface area contributed by atoms with Gasteiger partial charge in [-0.3, -0.25) is 0 Å². The quantitative estimate of drug-likeness (QED) is 0.896. The maximum atomic E-state index is 11.0. The number of nitrogens with one attached hydrogen (secondary N) is 1. The third-order valence-electron chi connectivity index (χ3n) is 2.78. The number of hydrogen-bond acceptors (Lipinski definition) is 4. The lowest BCUT2D eigenvalue weighted by Gasteiger charge is -2.09. The molecule has 96 valence electrons. The van der Waals surface area contributed by atoms with E-state index in [-0.39, 0.29) is 0 Å². The molecule has 0 aliphatic carbocycles. The van der Waals surface area contributed by atoms with Crippen LogP contribution >= 0.6 is 11.3 Å². The van der Waals surface area contributed by atoms with E-state index in [9.17, 15) is 4.79 Å². The van der Waals surface area contributed by atoms with Gasteiger partial charge < -0.3 is 10.4 Å². The smallest absolute Gasteiger partial charge is 0.346 e. The van der Waals surface area contributed by atoms with Crippen molar-refractivity contribution < 1.29 is 9.90 Å². The van der Waals surface area contributed by atoms with Gasteiger partial charge in [0.1, 0.15) is 4.88 Å². The van der Waals surface area contributed by atoms with Crippen molar-refractivity contribution in [2.24, 2.45) is 0 Å². The van der Waals surface area contributed by atoms with Crippen LogP contribution in [0.4, 0.5) is 5.69 Å². The number of carbonyl (C=O) groups is 1. The Morgan fingerprint density at radius 1 is 1.47 bits per heavy atom. The molecule has 1 heterocycles. The monoisotopic (exact) mass is 272 g/mol. The summed E-state index contributed by atoms with van der Waals surface area (Å²) in [5, 5.41) is 22.8. The molecule has 2 rings (SSSR count). The van der Waals surface area contributed by atoms with Crippen LogP contribution in [0.3, 0.4) is 0 Å². The first-order valence-electron chi connectivity index (χ1n) is 5.66. The molecule has 0 amide bonds. The third kappa shape index (κ3) is 2.92. The van der Waals surface area contributed by atoms with E-state index in [1.165, 1.54) is 11.3 Å². The Morgan fingerprint density at radius 3 is 2.95 bits per heavy atom. The highest BCUT2D eigenvalue weighted by atomic mass is 32.1. The summed E-state index contributed by atoms with van der Waals surface area (Å²) in [6.45, 7) is 2.37. The van der Waals surface area contributed by atoms with Crippen molar-refractivity contribution in [3.05, 3.63) is 51.2 Å². The van der Waals surface area contributed by atoms with Crippen LogP contribution < -0.4 is 5.32 Å². The van der Waals surface area contributed by atoms with Crippen LogP contribution in [0.15, 0.2) is 29.6 Å². The van der Waals surface area contributed by atoms with Gasteiger partial charge in [0.15, 0.2) is 0 Å². The fourth-order valence-electron chi connectivity index (χ4n) is 1.73. The number of hydrogen-bond donors (Lipinski definition) is 2. The maximum absolute atomic E-state index is 11.0. The molecule has 0 fully saturated rings. The molecule has 0 spiro atoms. The summed E-state index contributed by atoms with van der Waals surface area (Å²) in [6, 6.07) is 9.27. The predicted molar refractivity (Wildman–Crippen MR) is 74.5 cm³/mol. The zero-order valence-corrected chi connectivity index (χ0v) is 11.1. The fourth-order valence-corrected chi connectivity index (χ4v) is 2.50. The zero-order chi connectivity index (χ0) is 13.8. The average Bonchev–Trinajstić information content (AvgIpc) is 2.86. The van der Waals surface area contributed by atoms with Crippen molar-refractivity contribution >= 4 is 23.0 Å². The molecule has 1 aromatic carbocycles. The number of nitrogens with zero attached hydrogens (tertiary/aromatic N) is 1. The second kappa shape index (κ2) is 5.55. The number of rotatable bonds is 4. The lowest BCUT2D eigenvalue weighted by molar-refractivity contribution is 0.0701. The highest BCUT2D eigenvalue weighted by Crippen LogP contribution is 2.21. The summed E-state index contributed by atoms with van der Waals surface area (Å²) in [5.41, 5.74) is 3.20. The van der Waals surface area contributed by atoms with Crippen LogP contribution in [0, 0.1) is 18.3 Å². The molecule has 0 atom stereocenters. The van der Waals surface area contributed by atoms with Crippen LogP contribution in [-0.2, 0) is 6.54 Å². The van der Waals surface area contributed by atoms with Gasteiger partial charge in [-0.1, -0.05) is 6.07 Å². The summed E-state index contributed by atoms with van der Waals surface area (Å²) in [7, 11) is 0. The fraction of sp³-hybridized carbons (Fsp3) is 0.143.